The Morgan fingerprint density at radius 3 is 3.08 bits per heavy atom. The van der Waals surface area contributed by atoms with Crippen LogP contribution in [-0.4, -0.2) is 17.7 Å². The Morgan fingerprint density at radius 2 is 2.54 bits per heavy atom. The van der Waals surface area contributed by atoms with Crippen LogP contribution in [0.2, 0.25) is 0 Å². The number of rotatable bonds is 3. The molecule has 1 heterocycles. The first-order valence-electron chi connectivity index (χ1n) is 4.55. The third-order valence-corrected chi connectivity index (χ3v) is 3.44. The zero-order chi connectivity index (χ0) is 9.31. The third kappa shape index (κ3) is 1.61. The van der Waals surface area contributed by atoms with Gasteiger partial charge < -0.3 is 10.5 Å². The molecule has 3 nitrogen and oxygen atoms in total. The summed E-state index contributed by atoms with van der Waals surface area (Å²) in [6.45, 7) is 2.79. The lowest BCUT2D eigenvalue weighted by Gasteiger charge is -2.42. The van der Waals surface area contributed by atoms with Crippen LogP contribution < -0.4 is 5.73 Å². The molecule has 2 rings (SSSR count). The van der Waals surface area contributed by atoms with Crippen molar-refractivity contribution in [2.75, 3.05) is 6.61 Å². The van der Waals surface area contributed by atoms with E-state index in [2.05, 4.69) is 4.98 Å². The summed E-state index contributed by atoms with van der Waals surface area (Å²) >= 11 is 1.63. The summed E-state index contributed by atoms with van der Waals surface area (Å²) in [4.78, 5) is 4.24. The van der Waals surface area contributed by atoms with E-state index in [-0.39, 0.29) is 5.54 Å². The maximum Gasteiger partial charge on any atom is 0.113 e. The van der Waals surface area contributed by atoms with E-state index in [1.807, 2.05) is 18.5 Å². The first kappa shape index (κ1) is 9.12. The van der Waals surface area contributed by atoms with Gasteiger partial charge in [0.25, 0.3) is 0 Å². The smallest absolute Gasteiger partial charge is 0.113 e. The van der Waals surface area contributed by atoms with Crippen molar-refractivity contribution < 1.29 is 4.74 Å². The highest BCUT2D eigenvalue weighted by Gasteiger charge is 2.44. The summed E-state index contributed by atoms with van der Waals surface area (Å²) in [6.07, 6.45) is 3.98. The lowest BCUT2D eigenvalue weighted by molar-refractivity contribution is -0.0392. The fourth-order valence-electron chi connectivity index (χ4n) is 1.75. The normalized spacial score (nSPS) is 32.9. The molecule has 1 aromatic heterocycles. The van der Waals surface area contributed by atoms with Crippen molar-refractivity contribution in [3.63, 3.8) is 0 Å². The Hall–Kier alpha value is -0.450. The minimum atomic E-state index is -0.200. The predicted molar refractivity (Wildman–Crippen MR) is 52.6 cm³/mol. The summed E-state index contributed by atoms with van der Waals surface area (Å²) < 4.78 is 5.47. The van der Waals surface area contributed by atoms with Crippen LogP contribution in [0.15, 0.2) is 11.6 Å². The van der Waals surface area contributed by atoms with Crippen LogP contribution in [0, 0.1) is 0 Å². The third-order valence-electron chi connectivity index (χ3n) is 2.44. The molecule has 0 unspecified atom stereocenters. The standard InChI is InChI=1S/C9H14N2OS/c1-2-12-7-5-9(10,6-7)8-11-3-4-13-8/h3-4,7H,2,5-6,10H2,1H3. The molecule has 0 amide bonds. The van der Waals surface area contributed by atoms with Crippen LogP contribution in [0.3, 0.4) is 0 Å². The molecule has 1 aromatic rings. The molecule has 2 N–H and O–H groups in total. The fraction of sp³-hybridized carbons (Fsp3) is 0.667. The van der Waals surface area contributed by atoms with Crippen LogP contribution in [0.1, 0.15) is 24.8 Å². The summed E-state index contributed by atoms with van der Waals surface area (Å²) in [5, 5.41) is 3.02. The molecule has 0 bridgehead atoms. The first-order valence-corrected chi connectivity index (χ1v) is 5.43. The lowest BCUT2D eigenvalue weighted by Crippen LogP contribution is -2.52. The maximum atomic E-state index is 6.16. The largest absolute Gasteiger partial charge is 0.378 e. The number of nitrogens with zero attached hydrogens (tertiary/aromatic N) is 1. The lowest BCUT2D eigenvalue weighted by atomic mass is 9.75. The van der Waals surface area contributed by atoms with Crippen molar-refractivity contribution in [1.82, 2.24) is 4.98 Å². The van der Waals surface area contributed by atoms with Gasteiger partial charge in [0.05, 0.1) is 11.6 Å². The molecule has 1 aliphatic rings. The van der Waals surface area contributed by atoms with E-state index in [9.17, 15) is 0 Å². The van der Waals surface area contributed by atoms with Crippen LogP contribution >= 0.6 is 11.3 Å². The maximum absolute atomic E-state index is 6.16. The Kier molecular flexibility index (Phi) is 2.36. The molecule has 13 heavy (non-hydrogen) atoms. The monoisotopic (exact) mass is 198 g/mol. The van der Waals surface area contributed by atoms with Crippen LogP contribution in [0.5, 0.6) is 0 Å². The number of ether oxygens (including phenoxy) is 1. The SMILES string of the molecule is CCOC1CC(N)(c2nccs2)C1. The first-order chi connectivity index (χ1) is 6.24. The average molecular weight is 198 g/mol. The fourth-order valence-corrected chi connectivity index (χ4v) is 2.52. The van der Waals surface area contributed by atoms with Gasteiger partial charge >= 0.3 is 0 Å². The summed E-state index contributed by atoms with van der Waals surface area (Å²) in [5.74, 6) is 0. The van der Waals surface area contributed by atoms with Gasteiger partial charge in [-0.15, -0.1) is 11.3 Å². The Labute approximate surface area is 81.9 Å². The molecule has 1 aliphatic carbocycles. The molecular formula is C9H14N2OS. The van der Waals surface area contributed by atoms with Crippen LogP contribution in [-0.2, 0) is 10.3 Å². The number of nitrogens with two attached hydrogens (primary N) is 1. The van der Waals surface area contributed by atoms with Gasteiger partial charge in [0.1, 0.15) is 5.01 Å². The van der Waals surface area contributed by atoms with Crippen molar-refractivity contribution in [1.29, 1.82) is 0 Å². The van der Waals surface area contributed by atoms with Gasteiger partial charge in [0, 0.05) is 18.2 Å². The second-order valence-electron chi connectivity index (χ2n) is 3.48. The van der Waals surface area contributed by atoms with E-state index >= 15 is 0 Å². The topological polar surface area (TPSA) is 48.1 Å². The molecule has 4 heteroatoms. The van der Waals surface area contributed by atoms with Crippen LogP contribution in [0.4, 0.5) is 0 Å². The molecule has 1 fully saturated rings. The van der Waals surface area contributed by atoms with E-state index < -0.39 is 0 Å². The number of hydrogen-bond donors (Lipinski definition) is 1. The van der Waals surface area contributed by atoms with Crippen molar-refractivity contribution >= 4 is 11.3 Å². The van der Waals surface area contributed by atoms with E-state index in [4.69, 9.17) is 10.5 Å². The second kappa shape index (κ2) is 3.36. The van der Waals surface area contributed by atoms with Gasteiger partial charge in [-0.25, -0.2) is 4.98 Å². The molecule has 72 valence electrons. The van der Waals surface area contributed by atoms with Gasteiger partial charge in [-0.3, -0.25) is 0 Å². The molecule has 0 aliphatic heterocycles. The van der Waals surface area contributed by atoms with Crippen molar-refractivity contribution in [2.45, 2.75) is 31.4 Å². The number of hydrogen-bond acceptors (Lipinski definition) is 4. The zero-order valence-corrected chi connectivity index (χ0v) is 8.51. The quantitative estimate of drug-likeness (QED) is 0.800. The van der Waals surface area contributed by atoms with Crippen molar-refractivity contribution in [3.8, 4) is 0 Å². The Morgan fingerprint density at radius 1 is 1.77 bits per heavy atom. The minimum Gasteiger partial charge on any atom is -0.378 e. The van der Waals surface area contributed by atoms with Crippen molar-refractivity contribution in [2.24, 2.45) is 5.73 Å². The molecule has 0 radical (unpaired) electrons. The summed E-state index contributed by atoms with van der Waals surface area (Å²) in [7, 11) is 0. The van der Waals surface area contributed by atoms with Gasteiger partial charge in [-0.1, -0.05) is 0 Å². The average Bonchev–Trinajstić information content (AvgIpc) is 2.53. The summed E-state index contributed by atoms with van der Waals surface area (Å²) in [6, 6.07) is 0. The van der Waals surface area contributed by atoms with E-state index in [0.29, 0.717) is 6.10 Å². The molecule has 0 atom stereocenters. The van der Waals surface area contributed by atoms with E-state index in [1.54, 1.807) is 11.3 Å². The number of aromatic nitrogens is 1. The highest BCUT2D eigenvalue weighted by molar-refractivity contribution is 7.09. The zero-order valence-electron chi connectivity index (χ0n) is 7.69. The Bertz CT molecular complexity index is 267. The molecule has 0 aromatic carbocycles. The molecule has 0 spiro atoms. The van der Waals surface area contributed by atoms with E-state index in [0.717, 1.165) is 24.5 Å². The van der Waals surface area contributed by atoms with Crippen molar-refractivity contribution in [3.05, 3.63) is 16.6 Å². The summed E-state index contributed by atoms with van der Waals surface area (Å²) in [5.41, 5.74) is 5.96. The van der Waals surface area contributed by atoms with Gasteiger partial charge in [-0.2, -0.15) is 0 Å². The van der Waals surface area contributed by atoms with Crippen LogP contribution in [0.25, 0.3) is 0 Å². The highest BCUT2D eigenvalue weighted by atomic mass is 32.1. The molecular weight excluding hydrogens is 184 g/mol. The highest BCUT2D eigenvalue weighted by Crippen LogP contribution is 2.41. The Balaban J connectivity index is 1.96. The van der Waals surface area contributed by atoms with Gasteiger partial charge in [-0.05, 0) is 19.8 Å². The van der Waals surface area contributed by atoms with E-state index in [1.165, 1.54) is 0 Å². The second-order valence-corrected chi connectivity index (χ2v) is 4.37. The molecule has 0 saturated heterocycles. The minimum absolute atomic E-state index is 0.200. The predicted octanol–water partition coefficient (Wildman–Crippen LogP) is 1.50. The van der Waals surface area contributed by atoms with Gasteiger partial charge in [0.2, 0.25) is 0 Å². The molecule has 1 saturated carbocycles. The van der Waals surface area contributed by atoms with Gasteiger partial charge in [0.15, 0.2) is 0 Å². The number of thiazole rings is 1.